The van der Waals surface area contributed by atoms with Crippen molar-refractivity contribution in [1.82, 2.24) is 0 Å². The molecule has 10 heteroatoms. The Balaban J connectivity index is 1.33. The van der Waals surface area contributed by atoms with Crippen LogP contribution in [0.15, 0.2) is 66.7 Å². The van der Waals surface area contributed by atoms with Gasteiger partial charge in [0.15, 0.2) is 6.61 Å². The minimum Gasteiger partial charge on any atom is -0.457 e. The second kappa shape index (κ2) is 10.1. The van der Waals surface area contributed by atoms with Crippen LogP contribution in [0.4, 0.5) is 24.5 Å². The van der Waals surface area contributed by atoms with Crippen LogP contribution in [0.3, 0.4) is 0 Å². The number of para-hydroxylation sites is 2. The largest absolute Gasteiger partial charge is 0.457 e. The van der Waals surface area contributed by atoms with Gasteiger partial charge < -0.3 is 24.4 Å². The first-order valence-electron chi connectivity index (χ1n) is 11.7. The monoisotopic (exact) mass is 512 g/mol. The van der Waals surface area contributed by atoms with Crippen LogP contribution in [0.1, 0.15) is 22.6 Å². The van der Waals surface area contributed by atoms with E-state index in [1.807, 2.05) is 4.90 Å². The maximum Gasteiger partial charge on any atom is 0.416 e. The number of amides is 1. The highest BCUT2D eigenvalue weighted by molar-refractivity contribution is 5.97. The van der Waals surface area contributed by atoms with Crippen molar-refractivity contribution in [2.75, 3.05) is 43.1 Å². The Hall–Kier alpha value is -4.05. The Morgan fingerprint density at radius 3 is 2.19 bits per heavy atom. The Morgan fingerprint density at radius 2 is 1.57 bits per heavy atom. The zero-order chi connectivity index (χ0) is 26.0. The van der Waals surface area contributed by atoms with Gasteiger partial charge in [0.05, 0.1) is 30.2 Å². The molecule has 0 aliphatic carbocycles. The van der Waals surface area contributed by atoms with Crippen molar-refractivity contribution >= 4 is 23.3 Å². The lowest BCUT2D eigenvalue weighted by Gasteiger charge is -2.31. The van der Waals surface area contributed by atoms with Crippen LogP contribution < -0.4 is 15.0 Å². The number of hydrogen-bond acceptors (Lipinski definition) is 6. The molecule has 7 nitrogen and oxygen atoms in total. The number of carbonyl (C=O) groups is 2. The number of halogens is 3. The summed E-state index contributed by atoms with van der Waals surface area (Å²) in [5.74, 6) is -1.23. The zero-order valence-electron chi connectivity index (χ0n) is 19.6. The standard InChI is InChI=1S/C27H23F3N2O5/c28-27(29,30)17-9-10-21(32-11-13-35-14-12-32)20(15-17)31-24(33)16-36-26(34)25-18-5-1-3-7-22(18)37-23-8-4-2-6-19(23)25/h1-10,15,25H,11-14,16H2,(H,31,33). The molecular formula is C27H23F3N2O5. The summed E-state index contributed by atoms with van der Waals surface area (Å²) in [5, 5.41) is 2.49. The number of morpholine rings is 1. The van der Waals surface area contributed by atoms with E-state index in [2.05, 4.69) is 5.32 Å². The summed E-state index contributed by atoms with van der Waals surface area (Å²) >= 11 is 0. The molecule has 0 radical (unpaired) electrons. The molecule has 0 aromatic heterocycles. The van der Waals surface area contributed by atoms with Crippen LogP contribution >= 0.6 is 0 Å². The number of alkyl halides is 3. The number of ether oxygens (including phenoxy) is 3. The van der Waals surface area contributed by atoms with Crippen molar-refractivity contribution in [2.24, 2.45) is 0 Å². The average Bonchev–Trinajstić information content (AvgIpc) is 2.90. The van der Waals surface area contributed by atoms with Gasteiger partial charge in [-0.2, -0.15) is 13.2 Å². The highest BCUT2D eigenvalue weighted by atomic mass is 19.4. The van der Waals surface area contributed by atoms with E-state index in [-0.39, 0.29) is 5.69 Å². The van der Waals surface area contributed by atoms with Crippen LogP contribution in [0.2, 0.25) is 0 Å². The van der Waals surface area contributed by atoms with E-state index in [4.69, 9.17) is 14.2 Å². The second-order valence-electron chi connectivity index (χ2n) is 8.60. The first-order valence-corrected chi connectivity index (χ1v) is 11.7. The van der Waals surface area contributed by atoms with Gasteiger partial charge >= 0.3 is 12.1 Å². The van der Waals surface area contributed by atoms with Crippen molar-refractivity contribution in [3.63, 3.8) is 0 Å². The van der Waals surface area contributed by atoms with Crippen LogP contribution in [0.5, 0.6) is 11.5 Å². The van der Waals surface area contributed by atoms with Gasteiger partial charge in [0.1, 0.15) is 17.4 Å². The maximum absolute atomic E-state index is 13.4. The van der Waals surface area contributed by atoms with Crippen LogP contribution in [-0.4, -0.2) is 44.8 Å². The van der Waals surface area contributed by atoms with Crippen molar-refractivity contribution < 1.29 is 37.0 Å². The molecule has 0 bridgehead atoms. The molecule has 1 fully saturated rings. The fraction of sp³-hybridized carbons (Fsp3) is 0.259. The summed E-state index contributed by atoms with van der Waals surface area (Å²) in [5.41, 5.74) is 0.716. The Bertz CT molecular complexity index is 1280. The molecule has 0 unspecified atom stereocenters. The molecule has 2 aliphatic rings. The minimum absolute atomic E-state index is 0.0143. The van der Waals surface area contributed by atoms with Crippen LogP contribution in [0, 0.1) is 0 Å². The van der Waals surface area contributed by atoms with Crippen LogP contribution in [-0.2, 0) is 25.2 Å². The van der Waals surface area contributed by atoms with Gasteiger partial charge in [-0.25, -0.2) is 0 Å². The molecule has 3 aromatic rings. The number of hydrogen-bond donors (Lipinski definition) is 1. The second-order valence-corrected chi connectivity index (χ2v) is 8.60. The lowest BCUT2D eigenvalue weighted by molar-refractivity contribution is -0.148. The number of nitrogens with zero attached hydrogens (tertiary/aromatic N) is 1. The molecule has 1 N–H and O–H groups in total. The number of rotatable bonds is 5. The number of fused-ring (bicyclic) bond motifs is 2. The molecule has 2 heterocycles. The smallest absolute Gasteiger partial charge is 0.416 e. The van der Waals surface area contributed by atoms with Gasteiger partial charge in [-0.1, -0.05) is 36.4 Å². The van der Waals surface area contributed by atoms with E-state index in [1.54, 1.807) is 48.5 Å². The van der Waals surface area contributed by atoms with E-state index in [9.17, 15) is 22.8 Å². The Labute approximate surface area is 210 Å². The Kier molecular flexibility index (Phi) is 6.75. The van der Waals surface area contributed by atoms with E-state index < -0.39 is 36.1 Å². The summed E-state index contributed by atoms with van der Waals surface area (Å²) in [6.45, 7) is 1.09. The first-order chi connectivity index (χ1) is 17.8. The molecular weight excluding hydrogens is 489 g/mol. The van der Waals surface area contributed by atoms with E-state index in [1.165, 1.54) is 6.07 Å². The molecule has 3 aromatic carbocycles. The van der Waals surface area contributed by atoms with Gasteiger partial charge in [-0.15, -0.1) is 0 Å². The molecule has 37 heavy (non-hydrogen) atoms. The zero-order valence-corrected chi connectivity index (χ0v) is 19.6. The highest BCUT2D eigenvalue weighted by Gasteiger charge is 2.34. The summed E-state index contributed by atoms with van der Waals surface area (Å²) in [6, 6.07) is 17.2. The topological polar surface area (TPSA) is 77.1 Å². The lowest BCUT2D eigenvalue weighted by Crippen LogP contribution is -2.37. The van der Waals surface area contributed by atoms with Gasteiger partial charge in [0.25, 0.3) is 5.91 Å². The lowest BCUT2D eigenvalue weighted by atomic mass is 9.88. The highest BCUT2D eigenvalue weighted by Crippen LogP contribution is 2.44. The van der Waals surface area contributed by atoms with Gasteiger partial charge in [-0.05, 0) is 30.3 Å². The summed E-state index contributed by atoms with van der Waals surface area (Å²) in [6.07, 6.45) is -4.58. The molecule has 1 amide bonds. The van der Waals surface area contributed by atoms with Crippen LogP contribution in [0.25, 0.3) is 0 Å². The number of esters is 1. The number of anilines is 2. The predicted molar refractivity (Wildman–Crippen MR) is 129 cm³/mol. The SMILES string of the molecule is O=C(COC(=O)C1c2ccccc2Oc2ccccc21)Nc1cc(C(F)(F)F)ccc1N1CCOCC1. The van der Waals surface area contributed by atoms with E-state index in [0.29, 0.717) is 54.6 Å². The third kappa shape index (κ3) is 5.24. The molecule has 0 atom stereocenters. The van der Waals surface area contributed by atoms with Crippen molar-refractivity contribution in [3.05, 3.63) is 83.4 Å². The van der Waals surface area contributed by atoms with Crippen molar-refractivity contribution in [1.29, 1.82) is 0 Å². The average molecular weight is 512 g/mol. The van der Waals surface area contributed by atoms with E-state index >= 15 is 0 Å². The third-order valence-corrected chi connectivity index (χ3v) is 6.21. The number of nitrogens with one attached hydrogen (secondary N) is 1. The maximum atomic E-state index is 13.4. The summed E-state index contributed by atoms with van der Waals surface area (Å²) in [4.78, 5) is 27.7. The normalized spacial score (nSPS) is 15.3. The molecule has 0 spiro atoms. The van der Waals surface area contributed by atoms with Crippen molar-refractivity contribution in [3.8, 4) is 11.5 Å². The fourth-order valence-electron chi connectivity index (χ4n) is 4.46. The quantitative estimate of drug-likeness (QED) is 0.487. The fourth-order valence-corrected chi connectivity index (χ4v) is 4.46. The van der Waals surface area contributed by atoms with E-state index in [0.717, 1.165) is 12.1 Å². The summed E-state index contributed by atoms with van der Waals surface area (Å²) in [7, 11) is 0. The first kappa shape index (κ1) is 24.6. The van der Waals surface area contributed by atoms with Crippen molar-refractivity contribution in [2.45, 2.75) is 12.1 Å². The van der Waals surface area contributed by atoms with Gasteiger partial charge in [0.2, 0.25) is 0 Å². The molecule has 5 rings (SSSR count). The minimum atomic E-state index is -4.58. The molecule has 0 saturated carbocycles. The Morgan fingerprint density at radius 1 is 0.946 bits per heavy atom. The third-order valence-electron chi connectivity index (χ3n) is 6.21. The summed E-state index contributed by atoms with van der Waals surface area (Å²) < 4.78 is 56.6. The molecule has 192 valence electrons. The molecule has 1 saturated heterocycles. The number of benzene rings is 3. The number of carbonyl (C=O) groups excluding carboxylic acids is 2. The predicted octanol–water partition coefficient (Wildman–Crippen LogP) is 4.96. The molecule has 2 aliphatic heterocycles. The van der Waals surface area contributed by atoms with Gasteiger partial charge in [-0.3, -0.25) is 9.59 Å². The van der Waals surface area contributed by atoms with Gasteiger partial charge in [0, 0.05) is 24.2 Å².